The highest BCUT2D eigenvalue weighted by molar-refractivity contribution is 6.42. The van der Waals surface area contributed by atoms with Crippen molar-refractivity contribution in [3.8, 4) is 0 Å². The van der Waals surface area contributed by atoms with E-state index in [9.17, 15) is 4.79 Å². The van der Waals surface area contributed by atoms with Gasteiger partial charge in [0.05, 0.1) is 23.1 Å². The van der Waals surface area contributed by atoms with Crippen LogP contribution in [-0.2, 0) is 16.1 Å². The smallest absolute Gasteiger partial charge is 0.310 e. The Morgan fingerprint density at radius 3 is 2.54 bits per heavy atom. The Kier molecular flexibility index (Phi) is 5.44. The second kappa shape index (κ2) is 7.56. The van der Waals surface area contributed by atoms with Gasteiger partial charge >= 0.3 is 5.97 Å². The van der Waals surface area contributed by atoms with E-state index in [1.54, 1.807) is 6.07 Å². The molecule has 1 heterocycles. The number of likely N-dealkylation sites (tertiary alicyclic amines) is 1. The average Bonchev–Trinajstić information content (AvgIpc) is 3.01. The van der Waals surface area contributed by atoms with Crippen molar-refractivity contribution >= 4 is 29.2 Å². The van der Waals surface area contributed by atoms with Gasteiger partial charge in [0, 0.05) is 25.6 Å². The largest absolute Gasteiger partial charge is 0.469 e. The van der Waals surface area contributed by atoms with Crippen LogP contribution in [0, 0.1) is 5.92 Å². The van der Waals surface area contributed by atoms with Crippen molar-refractivity contribution in [1.82, 2.24) is 4.90 Å². The lowest BCUT2D eigenvalue weighted by Gasteiger charge is -2.17. The van der Waals surface area contributed by atoms with Crippen LogP contribution >= 0.6 is 23.2 Å². The van der Waals surface area contributed by atoms with Crippen LogP contribution in [0.3, 0.4) is 0 Å². The van der Waals surface area contributed by atoms with Gasteiger partial charge in [0.25, 0.3) is 0 Å². The molecular weight excluding hydrogens is 345 g/mol. The van der Waals surface area contributed by atoms with Crippen LogP contribution in [0.25, 0.3) is 0 Å². The lowest BCUT2D eigenvalue weighted by Crippen LogP contribution is -2.24. The van der Waals surface area contributed by atoms with E-state index in [0.29, 0.717) is 16.6 Å². The predicted molar refractivity (Wildman–Crippen MR) is 96.4 cm³/mol. The maximum absolute atomic E-state index is 12.2. The number of carbonyl (C=O) groups is 1. The second-order valence-corrected chi connectivity index (χ2v) is 6.90. The minimum Gasteiger partial charge on any atom is -0.469 e. The Labute approximate surface area is 152 Å². The van der Waals surface area contributed by atoms with Gasteiger partial charge in [-0.05, 0) is 23.3 Å². The van der Waals surface area contributed by atoms with Gasteiger partial charge in [-0.1, -0.05) is 59.6 Å². The Hall–Kier alpha value is -1.55. The molecule has 0 aromatic heterocycles. The molecule has 2 atom stereocenters. The van der Waals surface area contributed by atoms with Crippen LogP contribution in [0.15, 0.2) is 48.5 Å². The molecule has 0 saturated carbocycles. The van der Waals surface area contributed by atoms with Crippen molar-refractivity contribution in [1.29, 1.82) is 0 Å². The third-order valence-electron chi connectivity index (χ3n) is 4.52. The molecule has 0 aliphatic carbocycles. The van der Waals surface area contributed by atoms with Crippen molar-refractivity contribution in [3.05, 3.63) is 69.7 Å². The monoisotopic (exact) mass is 363 g/mol. The van der Waals surface area contributed by atoms with Crippen molar-refractivity contribution in [2.45, 2.75) is 12.5 Å². The molecule has 24 heavy (non-hydrogen) atoms. The van der Waals surface area contributed by atoms with Gasteiger partial charge in [0.15, 0.2) is 0 Å². The molecule has 2 aromatic rings. The fraction of sp³-hybridized carbons (Fsp3) is 0.316. The number of hydrogen-bond acceptors (Lipinski definition) is 3. The molecule has 1 aliphatic rings. The minimum absolute atomic E-state index is 0.0518. The molecular formula is C19H19Cl2NO2. The molecule has 0 bridgehead atoms. The average molecular weight is 364 g/mol. The third-order valence-corrected chi connectivity index (χ3v) is 5.26. The molecule has 1 aliphatic heterocycles. The zero-order valence-electron chi connectivity index (χ0n) is 13.4. The first-order valence-corrected chi connectivity index (χ1v) is 8.63. The number of nitrogens with zero attached hydrogens (tertiary/aromatic N) is 1. The fourth-order valence-corrected chi connectivity index (χ4v) is 3.63. The van der Waals surface area contributed by atoms with E-state index in [-0.39, 0.29) is 17.8 Å². The standard InChI is InChI=1S/C19H19Cl2NO2/c1-24-19(23)16-12-22(10-13-5-3-2-4-6-13)11-15(16)14-7-8-17(20)18(21)9-14/h2-9,15-16H,10-12H2,1H3/t15-,16?/m1/s1. The summed E-state index contributed by atoms with van der Waals surface area (Å²) in [5.74, 6) is -0.325. The van der Waals surface area contributed by atoms with Crippen LogP contribution in [0.2, 0.25) is 10.0 Å². The third kappa shape index (κ3) is 3.75. The number of benzene rings is 2. The van der Waals surface area contributed by atoms with Crippen molar-refractivity contribution in [2.24, 2.45) is 5.92 Å². The van der Waals surface area contributed by atoms with E-state index in [2.05, 4.69) is 17.0 Å². The summed E-state index contributed by atoms with van der Waals surface area (Å²) < 4.78 is 5.01. The second-order valence-electron chi connectivity index (χ2n) is 6.09. The zero-order valence-corrected chi connectivity index (χ0v) is 14.9. The zero-order chi connectivity index (χ0) is 17.1. The molecule has 3 rings (SSSR count). The van der Waals surface area contributed by atoms with Crippen LogP contribution in [0.1, 0.15) is 17.0 Å². The molecule has 1 fully saturated rings. The number of esters is 1. The highest BCUT2D eigenvalue weighted by Crippen LogP contribution is 2.36. The molecule has 5 heteroatoms. The first-order chi connectivity index (χ1) is 11.6. The van der Waals surface area contributed by atoms with Crippen molar-refractivity contribution < 1.29 is 9.53 Å². The summed E-state index contributed by atoms with van der Waals surface area (Å²) in [7, 11) is 1.44. The molecule has 0 N–H and O–H groups in total. The van der Waals surface area contributed by atoms with E-state index >= 15 is 0 Å². The van der Waals surface area contributed by atoms with Crippen molar-refractivity contribution in [2.75, 3.05) is 20.2 Å². The lowest BCUT2D eigenvalue weighted by molar-refractivity contribution is -0.145. The Morgan fingerprint density at radius 1 is 1.12 bits per heavy atom. The van der Waals surface area contributed by atoms with Gasteiger partial charge < -0.3 is 4.74 Å². The van der Waals surface area contributed by atoms with Gasteiger partial charge in [-0.25, -0.2) is 0 Å². The van der Waals surface area contributed by atoms with E-state index in [0.717, 1.165) is 18.7 Å². The Morgan fingerprint density at radius 2 is 1.88 bits per heavy atom. The predicted octanol–water partition coefficient (Wildman–Crippen LogP) is 4.38. The van der Waals surface area contributed by atoms with E-state index in [1.165, 1.54) is 12.7 Å². The first-order valence-electron chi connectivity index (χ1n) is 7.87. The molecule has 126 valence electrons. The normalized spacial score (nSPS) is 21.0. The molecule has 1 unspecified atom stereocenters. The van der Waals surface area contributed by atoms with Crippen LogP contribution in [-0.4, -0.2) is 31.1 Å². The van der Waals surface area contributed by atoms with Gasteiger partial charge in [-0.2, -0.15) is 0 Å². The van der Waals surface area contributed by atoms with E-state index < -0.39 is 0 Å². The molecule has 1 saturated heterocycles. The topological polar surface area (TPSA) is 29.5 Å². The number of ether oxygens (including phenoxy) is 1. The van der Waals surface area contributed by atoms with Gasteiger partial charge in [0.1, 0.15) is 0 Å². The summed E-state index contributed by atoms with van der Waals surface area (Å²) in [5.41, 5.74) is 2.26. The van der Waals surface area contributed by atoms with Crippen LogP contribution in [0.4, 0.5) is 0 Å². The molecule has 0 radical (unpaired) electrons. The lowest BCUT2D eigenvalue weighted by atomic mass is 9.89. The first kappa shape index (κ1) is 17.3. The number of rotatable bonds is 4. The van der Waals surface area contributed by atoms with Crippen LogP contribution < -0.4 is 0 Å². The quantitative estimate of drug-likeness (QED) is 0.754. The molecule has 0 amide bonds. The Balaban J connectivity index is 1.82. The number of carbonyl (C=O) groups excluding carboxylic acids is 1. The molecule has 0 spiro atoms. The summed E-state index contributed by atoms with van der Waals surface area (Å²) >= 11 is 12.2. The number of hydrogen-bond donors (Lipinski definition) is 0. The molecule has 2 aromatic carbocycles. The Bertz CT molecular complexity index is 721. The summed E-state index contributed by atoms with van der Waals surface area (Å²) in [6, 6.07) is 15.8. The number of halogens is 2. The highest BCUT2D eigenvalue weighted by atomic mass is 35.5. The van der Waals surface area contributed by atoms with Crippen LogP contribution in [0.5, 0.6) is 0 Å². The van der Waals surface area contributed by atoms with E-state index in [1.807, 2.05) is 30.3 Å². The van der Waals surface area contributed by atoms with Gasteiger partial charge in [0.2, 0.25) is 0 Å². The minimum atomic E-state index is -0.198. The maximum atomic E-state index is 12.2. The van der Waals surface area contributed by atoms with Crippen molar-refractivity contribution in [3.63, 3.8) is 0 Å². The highest BCUT2D eigenvalue weighted by Gasteiger charge is 2.39. The van der Waals surface area contributed by atoms with E-state index in [4.69, 9.17) is 27.9 Å². The summed E-state index contributed by atoms with van der Waals surface area (Å²) in [4.78, 5) is 14.5. The SMILES string of the molecule is COC(=O)C1CN(Cc2ccccc2)C[C@@H]1c1ccc(Cl)c(Cl)c1. The number of methoxy groups -OCH3 is 1. The fourth-order valence-electron chi connectivity index (χ4n) is 3.33. The maximum Gasteiger partial charge on any atom is 0.310 e. The van der Waals surface area contributed by atoms with Gasteiger partial charge in [-0.15, -0.1) is 0 Å². The summed E-state index contributed by atoms with van der Waals surface area (Å²) in [6.45, 7) is 2.27. The van der Waals surface area contributed by atoms with Gasteiger partial charge in [-0.3, -0.25) is 9.69 Å². The molecule has 3 nitrogen and oxygen atoms in total. The summed E-state index contributed by atoms with van der Waals surface area (Å²) in [6.07, 6.45) is 0. The summed E-state index contributed by atoms with van der Waals surface area (Å²) in [5, 5.41) is 1.04.